The summed E-state index contributed by atoms with van der Waals surface area (Å²) in [5.74, 6) is -3.50. The lowest BCUT2D eigenvalue weighted by atomic mass is 9.83. The fourth-order valence-corrected chi connectivity index (χ4v) is 2.45. The van der Waals surface area contributed by atoms with E-state index in [4.69, 9.17) is 0 Å². The van der Waals surface area contributed by atoms with Crippen molar-refractivity contribution in [1.82, 2.24) is 0 Å². The Hall–Kier alpha value is -2.28. The van der Waals surface area contributed by atoms with Crippen LogP contribution in [0, 0.1) is 11.6 Å². The average molecular weight is 412 g/mol. The predicted molar refractivity (Wildman–Crippen MR) is 93.5 cm³/mol. The van der Waals surface area contributed by atoms with Gasteiger partial charge in [0.25, 0.3) is 0 Å². The Morgan fingerprint density at radius 3 is 2.24 bits per heavy atom. The van der Waals surface area contributed by atoms with Gasteiger partial charge in [0, 0.05) is 10.5 Å². The Bertz CT molecular complexity index is 820. The van der Waals surface area contributed by atoms with Crippen molar-refractivity contribution < 1.29 is 23.1 Å². The van der Waals surface area contributed by atoms with Crippen molar-refractivity contribution in [2.75, 3.05) is 12.4 Å². The molecule has 0 unspecified atom stereocenters. The topological polar surface area (TPSA) is 55.4 Å². The zero-order valence-corrected chi connectivity index (χ0v) is 15.4. The smallest absolute Gasteiger partial charge is 0.340 e. The Labute approximate surface area is 152 Å². The molecule has 132 valence electrons. The molecular weight excluding hydrogens is 396 g/mol. The van der Waals surface area contributed by atoms with Gasteiger partial charge in [0.1, 0.15) is 11.6 Å². The highest BCUT2D eigenvalue weighted by Crippen LogP contribution is 2.28. The van der Waals surface area contributed by atoms with Gasteiger partial charge in [-0.25, -0.2) is 13.6 Å². The average Bonchev–Trinajstić information content (AvgIpc) is 2.56. The lowest BCUT2D eigenvalue weighted by Crippen LogP contribution is -2.35. The van der Waals surface area contributed by atoms with E-state index in [0.29, 0.717) is 11.6 Å². The molecule has 0 aliphatic rings. The van der Waals surface area contributed by atoms with Gasteiger partial charge in [0.15, 0.2) is 0 Å². The van der Waals surface area contributed by atoms with Crippen molar-refractivity contribution in [2.45, 2.75) is 19.3 Å². The number of ether oxygens (including phenoxy) is 1. The van der Waals surface area contributed by atoms with Crippen LogP contribution in [-0.2, 0) is 14.9 Å². The summed E-state index contributed by atoms with van der Waals surface area (Å²) in [6.07, 6.45) is 0. The molecule has 0 aliphatic heterocycles. The molecule has 0 aliphatic carbocycles. The van der Waals surface area contributed by atoms with Gasteiger partial charge in [-0.05, 0) is 37.6 Å². The van der Waals surface area contributed by atoms with Crippen LogP contribution in [0.5, 0.6) is 0 Å². The zero-order valence-electron chi connectivity index (χ0n) is 13.8. The first kappa shape index (κ1) is 19.1. The van der Waals surface area contributed by atoms with Crippen LogP contribution in [0.15, 0.2) is 40.9 Å². The number of hydrogen-bond acceptors (Lipinski definition) is 3. The van der Waals surface area contributed by atoms with Gasteiger partial charge in [-0.1, -0.05) is 28.1 Å². The van der Waals surface area contributed by atoms with Gasteiger partial charge < -0.3 is 10.1 Å². The monoisotopic (exact) mass is 411 g/mol. The predicted octanol–water partition coefficient (Wildman–Crippen LogP) is 4.43. The molecule has 0 saturated heterocycles. The number of benzene rings is 2. The molecule has 0 fully saturated rings. The summed E-state index contributed by atoms with van der Waals surface area (Å²) < 4.78 is 33.0. The summed E-state index contributed by atoms with van der Waals surface area (Å²) in [6.45, 7) is 3.35. The normalized spacial score (nSPS) is 11.1. The van der Waals surface area contributed by atoms with E-state index >= 15 is 0 Å². The molecule has 0 saturated carbocycles. The van der Waals surface area contributed by atoms with Crippen molar-refractivity contribution in [3.05, 3.63) is 63.6 Å². The van der Waals surface area contributed by atoms with Crippen molar-refractivity contribution in [1.29, 1.82) is 0 Å². The number of anilines is 1. The minimum absolute atomic E-state index is 0.294. The van der Waals surface area contributed by atoms with Crippen LogP contribution >= 0.6 is 15.9 Å². The molecule has 0 aromatic heterocycles. The van der Waals surface area contributed by atoms with Gasteiger partial charge in [0.2, 0.25) is 5.91 Å². The van der Waals surface area contributed by atoms with Crippen LogP contribution < -0.4 is 5.32 Å². The van der Waals surface area contributed by atoms with E-state index in [1.807, 2.05) is 0 Å². The molecule has 0 radical (unpaired) electrons. The summed E-state index contributed by atoms with van der Waals surface area (Å²) in [5.41, 5.74) is -1.02. The van der Waals surface area contributed by atoms with E-state index in [2.05, 4.69) is 26.0 Å². The van der Waals surface area contributed by atoms with Crippen LogP contribution in [-0.4, -0.2) is 19.0 Å². The largest absolute Gasteiger partial charge is 0.465 e. The molecular formula is C18H16BrF2NO3. The lowest BCUT2D eigenvalue weighted by Gasteiger charge is -2.24. The first-order valence-corrected chi connectivity index (χ1v) is 8.11. The molecule has 0 spiro atoms. The molecule has 0 atom stereocenters. The quantitative estimate of drug-likeness (QED) is 0.757. The van der Waals surface area contributed by atoms with Gasteiger partial charge in [0.05, 0.1) is 23.8 Å². The molecule has 0 bridgehead atoms. The van der Waals surface area contributed by atoms with E-state index in [1.165, 1.54) is 0 Å². The zero-order chi connectivity index (χ0) is 18.8. The van der Waals surface area contributed by atoms with E-state index in [1.54, 1.807) is 38.1 Å². The minimum Gasteiger partial charge on any atom is -0.465 e. The van der Waals surface area contributed by atoms with Gasteiger partial charge in [-0.2, -0.15) is 0 Å². The highest BCUT2D eigenvalue weighted by Gasteiger charge is 2.31. The highest BCUT2D eigenvalue weighted by molar-refractivity contribution is 9.10. The van der Waals surface area contributed by atoms with Gasteiger partial charge >= 0.3 is 5.97 Å². The number of carbonyl (C=O) groups excluding carboxylic acids is 2. The number of hydrogen-bond donors (Lipinski definition) is 1. The van der Waals surface area contributed by atoms with E-state index in [0.717, 1.165) is 17.6 Å². The first-order valence-electron chi connectivity index (χ1n) is 7.31. The van der Waals surface area contributed by atoms with Gasteiger partial charge in [-0.15, -0.1) is 0 Å². The van der Waals surface area contributed by atoms with E-state index < -0.39 is 34.5 Å². The number of methoxy groups -OCH3 is 1. The second-order valence-corrected chi connectivity index (χ2v) is 6.81. The first-order chi connectivity index (χ1) is 11.7. The fourth-order valence-electron chi connectivity index (χ4n) is 2.19. The minimum atomic E-state index is -1.06. The summed E-state index contributed by atoms with van der Waals surface area (Å²) in [6, 6.07) is 8.58. The number of carbonyl (C=O) groups is 2. The van der Waals surface area contributed by atoms with Crippen molar-refractivity contribution in [3.8, 4) is 0 Å². The van der Waals surface area contributed by atoms with Crippen LogP contribution in [0.2, 0.25) is 0 Å². The molecule has 2 aromatic rings. The molecule has 25 heavy (non-hydrogen) atoms. The summed E-state index contributed by atoms with van der Waals surface area (Å²) >= 11 is 3.32. The second kappa shape index (κ2) is 7.31. The summed E-state index contributed by atoms with van der Waals surface area (Å²) in [7, 11) is 1.08. The maximum absolute atomic E-state index is 14.0. The van der Waals surface area contributed by atoms with E-state index in [9.17, 15) is 18.4 Å². The van der Waals surface area contributed by atoms with Crippen LogP contribution in [0.4, 0.5) is 14.5 Å². The van der Waals surface area contributed by atoms with Crippen LogP contribution in [0.25, 0.3) is 0 Å². The van der Waals surface area contributed by atoms with Gasteiger partial charge in [-0.3, -0.25) is 4.79 Å². The number of halogens is 3. The maximum Gasteiger partial charge on any atom is 0.340 e. The van der Waals surface area contributed by atoms with Crippen molar-refractivity contribution in [3.63, 3.8) is 0 Å². The molecule has 7 heteroatoms. The lowest BCUT2D eigenvalue weighted by molar-refractivity contribution is -0.120. The fraction of sp³-hybridized carbons (Fsp3) is 0.222. The molecule has 0 heterocycles. The Kier molecular flexibility index (Phi) is 5.57. The third-order valence-corrected chi connectivity index (χ3v) is 4.37. The van der Waals surface area contributed by atoms with Crippen LogP contribution in [0.1, 0.15) is 29.8 Å². The molecule has 1 amide bonds. The standard InChI is InChI=1S/C18H16BrF2NO3/c1-18(2,10-4-6-11(19)7-5-10)17(24)22-15-8-12(16(23)25-3)13(20)9-14(15)21/h4-9H,1-3H3,(H,22,24). The third-order valence-electron chi connectivity index (χ3n) is 3.84. The summed E-state index contributed by atoms with van der Waals surface area (Å²) in [4.78, 5) is 24.1. The van der Waals surface area contributed by atoms with Crippen molar-refractivity contribution in [2.24, 2.45) is 0 Å². The summed E-state index contributed by atoms with van der Waals surface area (Å²) in [5, 5.41) is 2.41. The number of nitrogens with one attached hydrogen (secondary N) is 1. The molecule has 2 aromatic carbocycles. The Morgan fingerprint density at radius 2 is 1.68 bits per heavy atom. The Balaban J connectivity index is 2.33. The second-order valence-electron chi connectivity index (χ2n) is 5.89. The SMILES string of the molecule is COC(=O)c1cc(NC(=O)C(C)(C)c2ccc(Br)cc2)c(F)cc1F. The Morgan fingerprint density at radius 1 is 1.08 bits per heavy atom. The molecule has 2 rings (SSSR count). The number of esters is 1. The number of amides is 1. The van der Waals surface area contributed by atoms with E-state index in [-0.39, 0.29) is 5.69 Å². The van der Waals surface area contributed by atoms with Crippen LogP contribution in [0.3, 0.4) is 0 Å². The van der Waals surface area contributed by atoms with Crippen molar-refractivity contribution >= 4 is 33.5 Å². The maximum atomic E-state index is 14.0. The highest BCUT2D eigenvalue weighted by atomic mass is 79.9. The third kappa shape index (κ3) is 4.04. The molecule has 1 N–H and O–H groups in total. The molecule has 4 nitrogen and oxygen atoms in total. The number of rotatable bonds is 4.